The number of anilines is 2. The first kappa shape index (κ1) is 105. The number of ketones is 4. The molecule has 3 fully saturated rings. The SMILES string of the molecule is C=C1CC(=O)N(CCC(C)(C)C)C=C1F.CC(C)(C)Cc1ccn(C2C[C@H](CO)[C@@H](O)C2(F)F)c(=O)n1.CC(C)(C)N1C=C(F)C(=O)CC1=O.CC(C)(C)Nc1cccc2c1CN(C1CCC(=O)NC1=O)C2=O.CC(C)(C)Nc1n[n+]([O-])c2ccccc2[n+]1[O-].COc1cccc2c1C(=O)c1c(O)c3c(c(O)c1C2=O)C[C@@](O)(C(=O)CO)C[C@@H]3OC1C[C@H](NC(C)(C)C)[C@@H](O)[C@H](C)O1. The molecule has 8 aliphatic rings. The highest BCUT2D eigenvalue weighted by atomic mass is 19.3. The van der Waals surface area contributed by atoms with Crippen LogP contribution >= 0.6 is 0 Å². The summed E-state index contributed by atoms with van der Waals surface area (Å²) in [6, 6.07) is 15.6. The number of carbonyl (C=O) groups is 9. The van der Waals surface area contributed by atoms with Gasteiger partial charge in [0.15, 0.2) is 29.2 Å². The van der Waals surface area contributed by atoms with Crippen LogP contribution in [-0.2, 0) is 57.6 Å². The van der Waals surface area contributed by atoms with Crippen LogP contribution < -0.4 is 41.3 Å². The van der Waals surface area contributed by atoms with Crippen molar-refractivity contribution in [1.82, 2.24) is 40.0 Å². The molecule has 0 spiro atoms. The standard InChI is InChI=1S/C31H37NO11.C17H21N3O3.C15H22F2N2O3.C12H18FNO.C11H14N4O2.C9H12FNO2/c1-13-25(35)16(32-30(2,3)4)9-20(42-13)43-18-11-31(40,19(34)12-33)10-15-22(18)29(39)24-23(27(15)37)26(36)14-7-6-8-17(41-5)21(14)28(24)38;1-17(2,3)19-12-6-4-5-10-11(12)9-20(16(10)23)13-7-8-14(21)18-15(13)22;1-14(2,3)7-10-4-5-19(13(22)18-10)11-6-9(8-20)12(21)15(11,16)17;1-9-7-11(15)14(8-10(9)13)6-5-12(2,3)4;1-11(2,3)12-10-13-15(17)9-7-5-4-6-8(9)14(10)16;1-9(2,3)11-5-6(10)7(12)4-8(11)13/h6-8,13,16,18,20,25,32-33,35,37,39-40H,9-12H2,1-5H3;4-6,13,19H,7-9H2,1-3H3,(H,18,21,22);4-5,9,11-12,20-21H,6-8H2,1-3H3;8H,1,5-7H2,2-4H3;4-7H,1-3H3,(H,12,13);5H,4H2,1-3H3/t13-,16-,18-,20?,25-,31-;;9-,11?,12-;;;/m0.1.../s1. The second kappa shape index (κ2) is 40.7. The number of phenols is 2. The number of rotatable bonds is 14. The van der Waals surface area contributed by atoms with Gasteiger partial charge in [0.05, 0.1) is 60.5 Å². The molecule has 38 heteroatoms. The van der Waals surface area contributed by atoms with Gasteiger partial charge in [-0.15, -0.1) is 0 Å². The number of hydrogen-bond acceptors (Lipinski definition) is 27. The van der Waals surface area contributed by atoms with Crippen molar-refractivity contribution in [2.45, 2.75) is 285 Å². The largest absolute Gasteiger partial charge is 0.739 e. The van der Waals surface area contributed by atoms with Crippen molar-refractivity contribution in [2.24, 2.45) is 16.7 Å². The van der Waals surface area contributed by atoms with Gasteiger partial charge in [0.2, 0.25) is 40.3 Å². The number of Topliss-reactive ketones (excluding diaryl/α,β-unsaturated/α-hetero) is 2. The Morgan fingerprint density at radius 3 is 1.93 bits per heavy atom. The molecule has 5 amide bonds. The van der Waals surface area contributed by atoms with Gasteiger partial charge in [0.1, 0.15) is 53.5 Å². The number of carbonyl (C=O) groups excluding carboxylic acids is 9. The number of piperidine rings is 1. The third-order valence-corrected chi connectivity index (χ3v) is 22.8. The van der Waals surface area contributed by atoms with Gasteiger partial charge in [0.25, 0.3) is 17.3 Å². The van der Waals surface area contributed by atoms with Gasteiger partial charge in [-0.2, -0.15) is 4.98 Å². The van der Waals surface area contributed by atoms with Crippen LogP contribution in [0.2, 0.25) is 0 Å². The molecule has 6 aromatic rings. The zero-order chi connectivity index (χ0) is 99.6. The number of para-hydroxylation sites is 2. The highest BCUT2D eigenvalue weighted by molar-refractivity contribution is 6.31. The zero-order valence-corrected chi connectivity index (χ0v) is 78.7. The molecule has 4 aromatic carbocycles. The molecule has 34 nitrogen and oxygen atoms in total. The Morgan fingerprint density at radius 2 is 1.36 bits per heavy atom. The lowest BCUT2D eigenvalue weighted by Gasteiger charge is -2.44. The summed E-state index contributed by atoms with van der Waals surface area (Å²) in [5.41, 5.74) is -1.68. The normalized spacial score (nSPS) is 23.0. The molecule has 2 aromatic heterocycles. The first-order valence-corrected chi connectivity index (χ1v) is 43.7. The summed E-state index contributed by atoms with van der Waals surface area (Å²) in [6.07, 6.45) is -1.55. The third-order valence-electron chi connectivity index (χ3n) is 22.8. The van der Waals surface area contributed by atoms with E-state index in [-0.39, 0.29) is 140 Å². The van der Waals surface area contributed by atoms with Crippen LogP contribution in [0, 0.1) is 27.2 Å². The molecule has 0 bridgehead atoms. The van der Waals surface area contributed by atoms with Gasteiger partial charge in [-0.3, -0.25) is 58.4 Å². The zero-order valence-electron chi connectivity index (χ0n) is 78.7. The van der Waals surface area contributed by atoms with E-state index >= 15 is 0 Å². The fraction of sp³-hybridized carbons (Fsp3) is 0.537. The minimum Gasteiger partial charge on any atom is -0.739 e. The predicted molar refractivity (Wildman–Crippen MR) is 480 cm³/mol. The van der Waals surface area contributed by atoms with Crippen molar-refractivity contribution in [1.29, 1.82) is 0 Å². The van der Waals surface area contributed by atoms with Crippen molar-refractivity contribution < 1.29 is 120 Å². The Morgan fingerprint density at radius 1 is 0.737 bits per heavy atom. The van der Waals surface area contributed by atoms with Crippen molar-refractivity contribution in [3.63, 3.8) is 0 Å². The fourth-order valence-electron chi connectivity index (χ4n) is 16.4. The van der Waals surface area contributed by atoms with Gasteiger partial charge >= 0.3 is 11.6 Å². The Labute approximate surface area is 768 Å². The fourth-order valence-corrected chi connectivity index (χ4v) is 16.4. The van der Waals surface area contributed by atoms with E-state index in [0.717, 1.165) is 28.4 Å². The minimum atomic E-state index is -3.47. The van der Waals surface area contributed by atoms with Crippen molar-refractivity contribution in [2.75, 3.05) is 37.5 Å². The first-order valence-electron chi connectivity index (χ1n) is 43.7. The lowest BCUT2D eigenvalue weighted by molar-refractivity contribution is -0.672. The second-order valence-corrected chi connectivity index (χ2v) is 40.8. The highest BCUT2D eigenvalue weighted by Gasteiger charge is 2.58. The van der Waals surface area contributed by atoms with E-state index in [1.54, 1.807) is 69.0 Å². The number of halogens is 4. The molecular weight excluding hydrogens is 1740 g/mol. The topological polar surface area (TPSA) is 482 Å². The molecule has 14 rings (SSSR count). The average Bonchev–Trinajstić information content (AvgIpc) is 1.06. The molecule has 2 saturated heterocycles. The minimum absolute atomic E-state index is 0.00574. The van der Waals surface area contributed by atoms with Crippen molar-refractivity contribution in [3.8, 4) is 17.2 Å². The van der Waals surface area contributed by atoms with Gasteiger partial charge in [0, 0.05) is 143 Å². The number of aliphatic hydroxyl groups is 5. The molecule has 133 heavy (non-hydrogen) atoms. The Balaban J connectivity index is 0.000000190. The molecule has 5 aliphatic heterocycles. The van der Waals surface area contributed by atoms with Gasteiger partial charge < -0.3 is 85.7 Å². The summed E-state index contributed by atoms with van der Waals surface area (Å²) in [5.74, 6) is -11.3. The number of nitrogens with zero attached hydrogens (tertiary/aromatic N) is 8. The van der Waals surface area contributed by atoms with E-state index in [1.165, 1.54) is 47.5 Å². The molecule has 724 valence electrons. The monoisotopic (exact) mass is 1860 g/mol. The van der Waals surface area contributed by atoms with E-state index in [0.29, 0.717) is 52.3 Å². The van der Waals surface area contributed by atoms with Crippen LogP contribution in [0.3, 0.4) is 0 Å². The molecule has 10 atom stereocenters. The summed E-state index contributed by atoms with van der Waals surface area (Å²) in [4.78, 5) is 130. The Kier molecular flexibility index (Phi) is 32.2. The van der Waals surface area contributed by atoms with E-state index in [1.807, 2.05) is 74.4 Å². The van der Waals surface area contributed by atoms with E-state index in [2.05, 4.69) is 79.5 Å². The Bertz CT molecular complexity index is 5600. The van der Waals surface area contributed by atoms with Crippen molar-refractivity contribution in [3.05, 3.63) is 180 Å². The summed E-state index contributed by atoms with van der Waals surface area (Å²) >= 11 is 0. The molecule has 11 N–H and O–H groups in total. The number of imide groups is 1. The number of alkyl halides is 2. The molecule has 3 unspecified atom stereocenters. The average molecular weight is 1860 g/mol. The van der Waals surface area contributed by atoms with E-state index < -0.39 is 155 Å². The predicted octanol–water partition coefficient (Wildman–Crippen LogP) is 9.60. The smallest absolute Gasteiger partial charge is 0.461 e. The lowest BCUT2D eigenvalue weighted by Crippen LogP contribution is -2.58. The number of allylic oxidation sites excluding steroid dienone is 2. The van der Waals surface area contributed by atoms with Crippen molar-refractivity contribution >= 4 is 75.3 Å². The number of hydrogen-bond donors (Lipinski definition) is 11. The van der Waals surface area contributed by atoms with E-state index in [9.17, 15) is 107 Å². The van der Waals surface area contributed by atoms with Crippen LogP contribution in [-0.4, -0.2) is 215 Å². The molecular formula is C95H124F4N12O22. The number of aromatic hydroxyl groups is 2. The maximum absolute atomic E-state index is 14.1. The summed E-state index contributed by atoms with van der Waals surface area (Å²) in [7, 11) is 1.33. The number of phenolic OH excluding ortho intramolecular Hbond substituents is 2. The molecule has 7 heterocycles. The number of fused-ring (bicyclic) bond motifs is 5. The molecule has 3 aliphatic carbocycles. The second-order valence-electron chi connectivity index (χ2n) is 40.8. The van der Waals surface area contributed by atoms with Crippen LogP contribution in [0.1, 0.15) is 260 Å². The maximum Gasteiger partial charge on any atom is 0.461 e. The number of aliphatic hydroxyl groups excluding tert-OH is 4. The number of aromatic nitrogens is 5. The van der Waals surface area contributed by atoms with Crippen LogP contribution in [0.15, 0.2) is 114 Å². The maximum atomic E-state index is 14.1. The number of amides is 5. The van der Waals surface area contributed by atoms with Gasteiger partial charge in [-0.25, -0.2) is 27.1 Å². The summed E-state index contributed by atoms with van der Waals surface area (Å²) in [5, 5.41) is 113. The van der Waals surface area contributed by atoms with E-state index in [4.69, 9.17) is 19.3 Å². The lowest BCUT2D eigenvalue weighted by atomic mass is 9.72. The summed E-state index contributed by atoms with van der Waals surface area (Å²) < 4.78 is 73.3. The number of methoxy groups -OCH3 is 1. The molecule has 1 saturated carbocycles. The van der Waals surface area contributed by atoms with Crippen LogP contribution in [0.5, 0.6) is 17.2 Å². The van der Waals surface area contributed by atoms with Gasteiger partial charge in [-0.05, 0) is 162 Å². The molecule has 0 radical (unpaired) electrons. The highest BCUT2D eigenvalue weighted by Crippen LogP contribution is 2.54. The first-order chi connectivity index (χ1) is 61.4. The number of benzene rings is 4. The number of ether oxygens (including phenoxy) is 3. The quantitative estimate of drug-likeness (QED) is 0.0120. The van der Waals surface area contributed by atoms with Crippen LogP contribution in [0.25, 0.3) is 11.0 Å². The summed E-state index contributed by atoms with van der Waals surface area (Å²) in [6.45, 7) is 39.8. The van der Waals surface area contributed by atoms with Crippen LogP contribution in [0.4, 0.5) is 29.2 Å². The number of nitrogens with one attached hydrogen (secondary N) is 4. The Hall–Kier alpha value is -11.5. The third kappa shape index (κ3) is 25.1. The van der Waals surface area contributed by atoms with Gasteiger partial charge in [-0.1, -0.05) is 78.5 Å².